The van der Waals surface area contributed by atoms with Crippen molar-refractivity contribution in [1.29, 1.82) is 0 Å². The van der Waals surface area contributed by atoms with Crippen LogP contribution >= 0.6 is 0 Å². The van der Waals surface area contributed by atoms with Gasteiger partial charge in [-0.25, -0.2) is 0 Å². The Morgan fingerprint density at radius 1 is 1.04 bits per heavy atom. The Labute approximate surface area is 140 Å². The topological polar surface area (TPSA) is 116 Å². The maximum Gasteiger partial charge on any atom is 0.272 e. The van der Waals surface area contributed by atoms with Crippen LogP contribution in [-0.4, -0.2) is 31.5 Å². The van der Waals surface area contributed by atoms with E-state index in [1.165, 1.54) is 0 Å². The summed E-state index contributed by atoms with van der Waals surface area (Å²) in [6.45, 7) is 0. The quantitative estimate of drug-likeness (QED) is 0.530. The number of rotatable bonds is 3. The van der Waals surface area contributed by atoms with Gasteiger partial charge >= 0.3 is 0 Å². The molecule has 0 aliphatic rings. The van der Waals surface area contributed by atoms with E-state index in [0.29, 0.717) is 22.3 Å². The van der Waals surface area contributed by atoms with E-state index in [4.69, 9.17) is 0 Å². The number of tetrazole rings is 1. The second-order valence-corrected chi connectivity index (χ2v) is 5.37. The Morgan fingerprint density at radius 3 is 2.60 bits per heavy atom. The Morgan fingerprint density at radius 2 is 1.84 bits per heavy atom. The number of carbonyl (C=O) groups is 1. The fourth-order valence-corrected chi connectivity index (χ4v) is 2.52. The molecule has 0 aliphatic heterocycles. The van der Waals surface area contributed by atoms with Gasteiger partial charge in [-0.05, 0) is 47.0 Å². The number of benzene rings is 2. The summed E-state index contributed by atoms with van der Waals surface area (Å²) in [6.07, 6.45) is 0. The van der Waals surface area contributed by atoms with Crippen molar-refractivity contribution in [2.24, 2.45) is 0 Å². The summed E-state index contributed by atoms with van der Waals surface area (Å²) >= 11 is 0. The summed E-state index contributed by atoms with van der Waals surface area (Å²) in [5.41, 5.74) is 1.26. The van der Waals surface area contributed by atoms with Gasteiger partial charge in [-0.3, -0.25) is 9.59 Å². The molecule has 0 saturated heterocycles. The van der Waals surface area contributed by atoms with Crippen molar-refractivity contribution in [3.8, 4) is 11.4 Å². The van der Waals surface area contributed by atoms with Crippen molar-refractivity contribution >= 4 is 22.4 Å². The smallest absolute Gasteiger partial charge is 0.272 e. The zero-order chi connectivity index (χ0) is 17.2. The summed E-state index contributed by atoms with van der Waals surface area (Å²) in [6, 6.07) is 15.7. The van der Waals surface area contributed by atoms with Crippen molar-refractivity contribution in [1.82, 2.24) is 25.6 Å². The van der Waals surface area contributed by atoms with Crippen LogP contribution < -0.4 is 10.9 Å². The minimum absolute atomic E-state index is 0.200. The van der Waals surface area contributed by atoms with Crippen LogP contribution in [0.15, 0.2) is 59.4 Å². The lowest BCUT2D eigenvalue weighted by atomic mass is 10.1. The summed E-state index contributed by atoms with van der Waals surface area (Å²) in [5, 5.41) is 17.7. The molecule has 0 fully saturated rings. The van der Waals surface area contributed by atoms with Crippen molar-refractivity contribution in [2.45, 2.75) is 0 Å². The molecule has 122 valence electrons. The van der Waals surface area contributed by atoms with Crippen LogP contribution in [0.5, 0.6) is 0 Å². The minimum Gasteiger partial charge on any atom is -0.321 e. The second kappa shape index (κ2) is 6.00. The predicted molar refractivity (Wildman–Crippen MR) is 92.1 cm³/mol. The second-order valence-electron chi connectivity index (χ2n) is 5.37. The molecule has 0 radical (unpaired) electrons. The van der Waals surface area contributed by atoms with E-state index in [1.54, 1.807) is 48.5 Å². The Bertz CT molecular complexity index is 1100. The van der Waals surface area contributed by atoms with Gasteiger partial charge in [0.1, 0.15) is 5.69 Å². The highest BCUT2D eigenvalue weighted by atomic mass is 16.2. The van der Waals surface area contributed by atoms with Crippen LogP contribution in [-0.2, 0) is 0 Å². The number of carbonyl (C=O) groups excluding carboxylic acids is 1. The standard InChI is InChI=1S/C17H12N6O2/c24-16-13-4-2-1-3-11(13)9-14(19-16)17(25)18-12-7-5-10(6-8-12)15-20-22-23-21-15/h1-9H,(H,18,25)(H,19,24)(H,20,21,22,23). The summed E-state index contributed by atoms with van der Waals surface area (Å²) in [7, 11) is 0. The van der Waals surface area contributed by atoms with Gasteiger partial charge in [0.05, 0.1) is 0 Å². The highest BCUT2D eigenvalue weighted by Gasteiger charge is 2.10. The largest absolute Gasteiger partial charge is 0.321 e. The molecule has 0 atom stereocenters. The van der Waals surface area contributed by atoms with Crippen molar-refractivity contribution in [3.63, 3.8) is 0 Å². The Balaban J connectivity index is 1.59. The van der Waals surface area contributed by atoms with Crippen molar-refractivity contribution in [3.05, 3.63) is 70.6 Å². The van der Waals surface area contributed by atoms with Crippen molar-refractivity contribution in [2.75, 3.05) is 5.32 Å². The molecular formula is C17H12N6O2. The number of anilines is 1. The van der Waals surface area contributed by atoms with Crippen LogP contribution in [0, 0.1) is 0 Å². The number of nitrogens with zero attached hydrogens (tertiary/aromatic N) is 3. The first-order valence-electron chi connectivity index (χ1n) is 7.48. The van der Waals surface area contributed by atoms with E-state index in [0.717, 1.165) is 5.56 Å². The Kier molecular flexibility index (Phi) is 3.55. The molecule has 0 saturated carbocycles. The first-order chi connectivity index (χ1) is 12.2. The fraction of sp³-hybridized carbons (Fsp3) is 0. The highest BCUT2D eigenvalue weighted by molar-refractivity contribution is 6.04. The van der Waals surface area contributed by atoms with Gasteiger partial charge in [0.15, 0.2) is 0 Å². The van der Waals surface area contributed by atoms with Crippen LogP contribution in [0.2, 0.25) is 0 Å². The first-order valence-corrected chi connectivity index (χ1v) is 7.48. The summed E-state index contributed by atoms with van der Waals surface area (Å²) in [4.78, 5) is 27.1. The molecule has 2 heterocycles. The molecule has 8 nitrogen and oxygen atoms in total. The third kappa shape index (κ3) is 2.88. The van der Waals surface area contributed by atoms with E-state index < -0.39 is 5.91 Å². The number of aromatic amines is 2. The number of hydrogen-bond acceptors (Lipinski definition) is 5. The van der Waals surface area contributed by atoms with Gasteiger partial charge in [-0.15, -0.1) is 10.2 Å². The average molecular weight is 332 g/mol. The van der Waals surface area contributed by atoms with Crippen LogP contribution in [0.25, 0.3) is 22.2 Å². The van der Waals surface area contributed by atoms with Gasteiger partial charge in [-0.1, -0.05) is 18.2 Å². The number of fused-ring (bicyclic) bond motifs is 1. The molecule has 0 aliphatic carbocycles. The lowest BCUT2D eigenvalue weighted by molar-refractivity contribution is 0.102. The number of aromatic nitrogens is 5. The molecular weight excluding hydrogens is 320 g/mol. The molecule has 4 aromatic rings. The maximum atomic E-state index is 12.4. The number of hydrogen-bond donors (Lipinski definition) is 3. The van der Waals surface area contributed by atoms with E-state index in [-0.39, 0.29) is 11.3 Å². The third-order valence-electron chi connectivity index (χ3n) is 3.74. The normalized spacial score (nSPS) is 10.7. The fourth-order valence-electron chi connectivity index (χ4n) is 2.52. The zero-order valence-electron chi connectivity index (χ0n) is 12.9. The van der Waals surface area contributed by atoms with Gasteiger partial charge in [0, 0.05) is 16.6 Å². The molecule has 0 spiro atoms. The molecule has 2 aromatic heterocycles. The Hall–Kier alpha value is -3.81. The number of nitrogens with one attached hydrogen (secondary N) is 3. The van der Waals surface area contributed by atoms with Gasteiger partial charge < -0.3 is 10.3 Å². The van der Waals surface area contributed by atoms with Gasteiger partial charge in [-0.2, -0.15) is 5.21 Å². The number of amides is 1. The van der Waals surface area contributed by atoms with Gasteiger partial charge in [0.2, 0.25) is 5.82 Å². The third-order valence-corrected chi connectivity index (χ3v) is 3.74. The van der Waals surface area contributed by atoms with Crippen molar-refractivity contribution < 1.29 is 4.79 Å². The lowest BCUT2D eigenvalue weighted by Crippen LogP contribution is -2.18. The first kappa shape index (κ1) is 14.8. The molecule has 3 N–H and O–H groups in total. The monoisotopic (exact) mass is 332 g/mol. The zero-order valence-corrected chi connectivity index (χ0v) is 12.9. The van der Waals surface area contributed by atoms with Crippen LogP contribution in [0.4, 0.5) is 5.69 Å². The molecule has 1 amide bonds. The highest BCUT2D eigenvalue weighted by Crippen LogP contribution is 2.17. The average Bonchev–Trinajstić information content (AvgIpc) is 3.17. The molecule has 8 heteroatoms. The van der Waals surface area contributed by atoms with E-state index >= 15 is 0 Å². The maximum absolute atomic E-state index is 12.4. The predicted octanol–water partition coefficient (Wildman–Crippen LogP) is 1.96. The number of pyridine rings is 1. The SMILES string of the molecule is O=C(Nc1ccc(-c2nn[nH]n2)cc1)c1cc2ccccc2c(=O)[nH]1. The van der Waals surface area contributed by atoms with E-state index in [1.807, 2.05) is 6.07 Å². The van der Waals surface area contributed by atoms with Crippen LogP contribution in [0.1, 0.15) is 10.5 Å². The molecule has 0 bridgehead atoms. The van der Waals surface area contributed by atoms with E-state index in [9.17, 15) is 9.59 Å². The minimum atomic E-state index is -0.393. The summed E-state index contributed by atoms with van der Waals surface area (Å²) in [5.74, 6) is 0.0758. The molecule has 0 unspecified atom stereocenters. The van der Waals surface area contributed by atoms with E-state index in [2.05, 4.69) is 30.9 Å². The van der Waals surface area contributed by atoms with Crippen LogP contribution in [0.3, 0.4) is 0 Å². The molecule has 4 rings (SSSR count). The number of H-pyrrole nitrogens is 2. The molecule has 2 aromatic carbocycles. The summed E-state index contributed by atoms with van der Waals surface area (Å²) < 4.78 is 0. The van der Waals surface area contributed by atoms with Gasteiger partial charge in [0.25, 0.3) is 11.5 Å². The molecule has 25 heavy (non-hydrogen) atoms. The lowest BCUT2D eigenvalue weighted by Gasteiger charge is -2.06.